The normalized spacial score (nSPS) is 16.8. The molecule has 0 aromatic heterocycles. The van der Waals surface area contributed by atoms with Crippen LogP contribution in [0.15, 0.2) is 60.2 Å². The minimum atomic E-state index is -0.910. The molecule has 1 aliphatic heterocycles. The smallest absolute Gasteiger partial charge is 0.295 e. The van der Waals surface area contributed by atoms with E-state index in [0.29, 0.717) is 16.9 Å². The number of Topliss-reactive ketones (excluding diaryl/α,β-unsaturated/α-hetero) is 1. The van der Waals surface area contributed by atoms with E-state index in [2.05, 4.69) is 0 Å². The molecular formula is C31H31Cl2NO6. The predicted molar refractivity (Wildman–Crippen MR) is 155 cm³/mol. The fourth-order valence-corrected chi connectivity index (χ4v) is 5.46. The monoisotopic (exact) mass is 583 g/mol. The van der Waals surface area contributed by atoms with Crippen LogP contribution in [-0.2, 0) is 16.1 Å². The second-order valence-electron chi connectivity index (χ2n) is 10.4. The number of rotatable bonds is 7. The molecule has 1 N–H and O–H groups in total. The number of amides is 1. The Morgan fingerprint density at radius 2 is 1.65 bits per heavy atom. The molecule has 1 fully saturated rings. The molecule has 9 heteroatoms. The van der Waals surface area contributed by atoms with E-state index in [4.69, 9.17) is 37.4 Å². The molecule has 0 bridgehead atoms. The molecule has 1 saturated heterocycles. The van der Waals surface area contributed by atoms with Crippen LogP contribution in [0.3, 0.4) is 0 Å². The van der Waals surface area contributed by atoms with E-state index in [1.54, 1.807) is 0 Å². The summed E-state index contributed by atoms with van der Waals surface area (Å²) in [6.45, 7) is 7.77. The van der Waals surface area contributed by atoms with Gasteiger partial charge in [0.1, 0.15) is 22.1 Å². The first-order valence-electron chi connectivity index (χ1n) is 12.6. The lowest BCUT2D eigenvalue weighted by Gasteiger charge is -2.28. The molecule has 1 atom stereocenters. The van der Waals surface area contributed by atoms with Gasteiger partial charge in [0, 0.05) is 5.56 Å². The zero-order chi connectivity index (χ0) is 29.4. The van der Waals surface area contributed by atoms with Crippen LogP contribution in [0.2, 0.25) is 10.0 Å². The van der Waals surface area contributed by atoms with Gasteiger partial charge in [-0.05, 0) is 45.4 Å². The third-order valence-corrected chi connectivity index (χ3v) is 7.05. The number of aryl methyl sites for hydroxylation is 1. The minimum Gasteiger partial charge on any atom is -0.507 e. The lowest BCUT2D eigenvalue weighted by Crippen LogP contribution is -2.30. The van der Waals surface area contributed by atoms with Crippen molar-refractivity contribution in [2.24, 2.45) is 0 Å². The molecule has 210 valence electrons. The van der Waals surface area contributed by atoms with Crippen molar-refractivity contribution in [2.45, 2.75) is 45.9 Å². The number of halogens is 2. The second-order valence-corrected chi connectivity index (χ2v) is 11.2. The van der Waals surface area contributed by atoms with Gasteiger partial charge in [-0.1, -0.05) is 71.2 Å². The van der Waals surface area contributed by atoms with Crippen LogP contribution < -0.4 is 14.2 Å². The van der Waals surface area contributed by atoms with Crippen molar-refractivity contribution in [3.63, 3.8) is 0 Å². The number of carbonyl (C=O) groups excluding carboxylic acids is 2. The van der Waals surface area contributed by atoms with E-state index in [9.17, 15) is 14.7 Å². The summed E-state index contributed by atoms with van der Waals surface area (Å²) < 4.78 is 16.9. The third-order valence-electron chi connectivity index (χ3n) is 6.42. The summed E-state index contributed by atoms with van der Waals surface area (Å²) in [7, 11) is 2.77. The maximum absolute atomic E-state index is 13.6. The van der Waals surface area contributed by atoms with Gasteiger partial charge in [-0.15, -0.1) is 0 Å². The largest absolute Gasteiger partial charge is 0.507 e. The number of ether oxygens (including phenoxy) is 3. The standard InChI is InChI=1S/C31H31Cl2NO6/c1-17-10-9-12-18(14-17)25-23(26(35)20-15-21(32)29(39-6)24(33)28(20)38-5)27(36)30(37)34(25)16-19-11-7-8-13-22(19)40-31(2,3)4/h7-15,25,35H,16H2,1-6H3/b26-23+. The number of nitrogens with zero attached hydrogens (tertiary/aromatic N) is 1. The Morgan fingerprint density at radius 3 is 2.27 bits per heavy atom. The van der Waals surface area contributed by atoms with Gasteiger partial charge in [0.2, 0.25) is 0 Å². The van der Waals surface area contributed by atoms with Crippen molar-refractivity contribution in [3.05, 3.63) is 92.5 Å². The van der Waals surface area contributed by atoms with Gasteiger partial charge in [0.15, 0.2) is 11.5 Å². The molecule has 1 heterocycles. The molecule has 4 rings (SSSR count). The zero-order valence-electron chi connectivity index (χ0n) is 23.2. The van der Waals surface area contributed by atoms with Crippen molar-refractivity contribution in [1.82, 2.24) is 4.90 Å². The maximum Gasteiger partial charge on any atom is 0.295 e. The summed E-state index contributed by atoms with van der Waals surface area (Å²) in [5.41, 5.74) is 1.76. The second kappa shape index (κ2) is 11.4. The lowest BCUT2D eigenvalue weighted by molar-refractivity contribution is -0.140. The average molecular weight is 584 g/mol. The predicted octanol–water partition coefficient (Wildman–Crippen LogP) is 7.12. The van der Waals surface area contributed by atoms with Gasteiger partial charge in [-0.3, -0.25) is 9.59 Å². The first-order chi connectivity index (χ1) is 18.9. The summed E-state index contributed by atoms with van der Waals surface area (Å²) in [6.07, 6.45) is 0. The van der Waals surface area contributed by atoms with Crippen molar-refractivity contribution < 1.29 is 28.9 Å². The third kappa shape index (κ3) is 5.62. The number of hydrogen-bond donors (Lipinski definition) is 1. The molecule has 1 amide bonds. The maximum atomic E-state index is 13.6. The van der Waals surface area contributed by atoms with Gasteiger partial charge >= 0.3 is 0 Å². The van der Waals surface area contributed by atoms with Gasteiger partial charge in [-0.2, -0.15) is 0 Å². The first kappa shape index (κ1) is 29.3. The Labute approximate surface area is 243 Å². The number of carbonyl (C=O) groups is 2. The number of benzene rings is 3. The highest BCUT2D eigenvalue weighted by molar-refractivity contribution is 6.47. The van der Waals surface area contributed by atoms with Crippen LogP contribution in [0.25, 0.3) is 5.76 Å². The average Bonchev–Trinajstić information content (AvgIpc) is 3.13. The zero-order valence-corrected chi connectivity index (χ0v) is 24.7. The van der Waals surface area contributed by atoms with Gasteiger partial charge in [-0.25, -0.2) is 0 Å². The van der Waals surface area contributed by atoms with Gasteiger partial charge in [0.05, 0.1) is 43.0 Å². The first-order valence-corrected chi connectivity index (χ1v) is 13.4. The van der Waals surface area contributed by atoms with Crippen LogP contribution >= 0.6 is 23.2 Å². The highest BCUT2D eigenvalue weighted by atomic mass is 35.5. The number of ketones is 1. The molecule has 1 aliphatic rings. The number of likely N-dealkylation sites (tertiary alicyclic amines) is 1. The van der Waals surface area contributed by atoms with E-state index in [1.165, 1.54) is 25.2 Å². The molecule has 0 aliphatic carbocycles. The van der Waals surface area contributed by atoms with Gasteiger partial charge in [0.25, 0.3) is 11.7 Å². The van der Waals surface area contributed by atoms with Crippen LogP contribution in [0.1, 0.15) is 49.1 Å². The molecular weight excluding hydrogens is 553 g/mol. The minimum absolute atomic E-state index is 0.0219. The highest BCUT2D eigenvalue weighted by Crippen LogP contribution is 2.47. The van der Waals surface area contributed by atoms with E-state index in [-0.39, 0.29) is 39.2 Å². The molecule has 0 spiro atoms. The van der Waals surface area contributed by atoms with Crippen LogP contribution in [-0.4, -0.2) is 41.5 Å². The number of methoxy groups -OCH3 is 2. The fraction of sp³-hybridized carbons (Fsp3) is 0.290. The molecule has 3 aromatic carbocycles. The Morgan fingerprint density at radius 1 is 0.975 bits per heavy atom. The Balaban J connectivity index is 1.93. The summed E-state index contributed by atoms with van der Waals surface area (Å²) >= 11 is 12.9. The SMILES string of the molecule is COc1c(Cl)cc(/C(O)=C2\C(=O)C(=O)N(Cc3ccccc3OC(C)(C)C)C2c2cccc(C)c2)c(OC)c1Cl. The molecule has 0 saturated carbocycles. The Bertz CT molecular complexity index is 1510. The van der Waals surface area contributed by atoms with Crippen LogP contribution in [0, 0.1) is 6.92 Å². The fourth-order valence-electron chi connectivity index (χ4n) is 4.77. The van der Waals surface area contributed by atoms with Crippen molar-refractivity contribution in [2.75, 3.05) is 14.2 Å². The molecule has 40 heavy (non-hydrogen) atoms. The quantitative estimate of drug-likeness (QED) is 0.181. The number of para-hydroxylation sites is 1. The molecule has 0 radical (unpaired) electrons. The summed E-state index contributed by atoms with van der Waals surface area (Å²) in [6, 6.07) is 15.3. The van der Waals surface area contributed by atoms with E-state index < -0.39 is 29.1 Å². The van der Waals surface area contributed by atoms with Crippen LogP contribution in [0.4, 0.5) is 0 Å². The van der Waals surface area contributed by atoms with Crippen LogP contribution in [0.5, 0.6) is 17.2 Å². The topological polar surface area (TPSA) is 85.3 Å². The molecule has 1 unspecified atom stereocenters. The van der Waals surface area contributed by atoms with E-state index in [1.807, 2.05) is 76.2 Å². The summed E-state index contributed by atoms with van der Waals surface area (Å²) in [5, 5.41) is 11.8. The summed E-state index contributed by atoms with van der Waals surface area (Å²) in [4.78, 5) is 28.7. The van der Waals surface area contributed by atoms with Crippen molar-refractivity contribution >= 4 is 40.7 Å². The van der Waals surface area contributed by atoms with Crippen molar-refractivity contribution in [1.29, 1.82) is 0 Å². The highest BCUT2D eigenvalue weighted by Gasteiger charge is 2.47. The van der Waals surface area contributed by atoms with E-state index in [0.717, 1.165) is 5.56 Å². The van der Waals surface area contributed by atoms with Crippen molar-refractivity contribution in [3.8, 4) is 17.2 Å². The number of hydrogen-bond acceptors (Lipinski definition) is 6. The number of aliphatic hydroxyl groups excluding tert-OH is 1. The number of aliphatic hydroxyl groups is 1. The Hall–Kier alpha value is -3.68. The van der Waals surface area contributed by atoms with E-state index >= 15 is 0 Å². The lowest BCUT2D eigenvalue weighted by atomic mass is 9.94. The molecule has 7 nitrogen and oxygen atoms in total. The summed E-state index contributed by atoms with van der Waals surface area (Å²) in [5.74, 6) is -1.27. The Kier molecular flexibility index (Phi) is 8.38. The molecule has 3 aromatic rings. The van der Waals surface area contributed by atoms with Gasteiger partial charge < -0.3 is 24.2 Å².